The summed E-state index contributed by atoms with van der Waals surface area (Å²) in [5.74, 6) is 0. The molecule has 0 fully saturated rings. The molecule has 0 bridgehead atoms. The molecule has 39 heavy (non-hydrogen) atoms. The van der Waals surface area contributed by atoms with Gasteiger partial charge in [0.25, 0.3) is 0 Å². The largest absolute Gasteiger partial charge is 0.433 e. The zero-order valence-electron chi connectivity index (χ0n) is 20.3. The molecule has 5 nitrogen and oxygen atoms in total. The molecule has 11 heteroatoms. The lowest BCUT2D eigenvalue weighted by molar-refractivity contribution is -0.142. The average Bonchev–Trinajstić information content (AvgIpc) is 3.33. The molecule has 0 saturated heterocycles. The van der Waals surface area contributed by atoms with E-state index in [1.54, 1.807) is 37.4 Å². The van der Waals surface area contributed by atoms with Gasteiger partial charge in [-0.15, -0.1) is 0 Å². The maximum absolute atomic E-state index is 13.9. The average molecular weight is 542 g/mol. The number of hydrogen-bond acceptors (Lipinski definition) is 4. The van der Waals surface area contributed by atoms with Crippen LogP contribution >= 0.6 is 0 Å². The van der Waals surface area contributed by atoms with Gasteiger partial charge < -0.3 is 9.67 Å². The Bertz CT molecular complexity index is 1630. The number of rotatable bonds is 5. The normalized spacial score (nSPS) is 13.9. The van der Waals surface area contributed by atoms with Crippen LogP contribution in [0.5, 0.6) is 0 Å². The Morgan fingerprint density at radius 2 is 1.54 bits per heavy atom. The Morgan fingerprint density at radius 3 is 2.13 bits per heavy atom. The second-order valence-electron chi connectivity index (χ2n) is 9.09. The highest BCUT2D eigenvalue weighted by molar-refractivity contribution is 5.81. The summed E-state index contributed by atoms with van der Waals surface area (Å²) in [6.45, 7) is 0. The molecule has 0 radical (unpaired) electrons. The van der Waals surface area contributed by atoms with Crippen molar-refractivity contribution in [3.05, 3.63) is 125 Å². The van der Waals surface area contributed by atoms with Crippen LogP contribution in [0, 0.1) is 0 Å². The summed E-state index contributed by atoms with van der Waals surface area (Å²) in [6, 6.07) is 16.1. The minimum absolute atomic E-state index is 0.0165. The number of pyridine rings is 2. The predicted octanol–water partition coefficient (Wildman–Crippen LogP) is 6.28. The smallest absolute Gasteiger partial charge is 0.374 e. The molecule has 1 atom stereocenters. The van der Waals surface area contributed by atoms with E-state index in [2.05, 4.69) is 15.0 Å². The van der Waals surface area contributed by atoms with Crippen molar-refractivity contribution in [2.45, 2.75) is 24.4 Å². The summed E-state index contributed by atoms with van der Waals surface area (Å²) < 4.78 is 82.6. The quantitative estimate of drug-likeness (QED) is 0.266. The molecule has 0 aliphatic heterocycles. The number of aliphatic hydroxyl groups is 1. The lowest BCUT2D eigenvalue weighted by atomic mass is 9.83. The monoisotopic (exact) mass is 542 g/mol. The number of nitrogens with zero attached hydrogens (tertiary/aromatic N) is 4. The molecule has 3 aromatic heterocycles. The number of fused-ring (bicyclic) bond motifs is 1. The van der Waals surface area contributed by atoms with E-state index in [4.69, 9.17) is 0 Å². The second kappa shape index (κ2) is 9.49. The van der Waals surface area contributed by atoms with Crippen molar-refractivity contribution in [1.29, 1.82) is 0 Å². The number of imidazole rings is 1. The van der Waals surface area contributed by atoms with Crippen LogP contribution < -0.4 is 0 Å². The minimum Gasteiger partial charge on any atom is -0.374 e. The number of benzene rings is 2. The molecule has 2 aromatic carbocycles. The molecule has 3 heterocycles. The van der Waals surface area contributed by atoms with Gasteiger partial charge >= 0.3 is 12.4 Å². The molecule has 0 spiro atoms. The lowest BCUT2D eigenvalue weighted by Crippen LogP contribution is -2.31. The fourth-order valence-corrected chi connectivity index (χ4v) is 4.59. The van der Waals surface area contributed by atoms with Crippen molar-refractivity contribution >= 4 is 10.9 Å². The van der Waals surface area contributed by atoms with Crippen LogP contribution in [0.2, 0.25) is 0 Å². The van der Waals surface area contributed by atoms with Crippen molar-refractivity contribution in [3.8, 4) is 0 Å². The fourth-order valence-electron chi connectivity index (χ4n) is 4.59. The van der Waals surface area contributed by atoms with Gasteiger partial charge in [0.2, 0.25) is 0 Å². The summed E-state index contributed by atoms with van der Waals surface area (Å²) in [5.41, 5.74) is -3.12. The van der Waals surface area contributed by atoms with Crippen molar-refractivity contribution < 1.29 is 31.4 Å². The Kier molecular flexibility index (Phi) is 6.42. The van der Waals surface area contributed by atoms with Gasteiger partial charge in [0.1, 0.15) is 11.4 Å². The molecule has 200 valence electrons. The van der Waals surface area contributed by atoms with Gasteiger partial charge in [0.15, 0.2) is 5.60 Å². The van der Waals surface area contributed by atoms with Crippen LogP contribution in [0.25, 0.3) is 10.9 Å². The minimum atomic E-state index is -4.70. The first kappa shape index (κ1) is 26.4. The number of aryl methyl sites for hydroxylation is 1. The van der Waals surface area contributed by atoms with Gasteiger partial charge in [-0.2, -0.15) is 26.3 Å². The molecule has 5 rings (SSSR count). The number of alkyl halides is 6. The summed E-state index contributed by atoms with van der Waals surface area (Å²) >= 11 is 0. The molecular formula is C28H20F6N4O. The molecule has 1 N–H and O–H groups in total. The van der Waals surface area contributed by atoms with Crippen molar-refractivity contribution in [2.24, 2.45) is 7.05 Å². The molecule has 5 aromatic rings. The third kappa shape index (κ3) is 4.97. The molecular weight excluding hydrogens is 522 g/mol. The SMILES string of the molecule is Cn1cncc1C(O)(c1ccc(C(F)(F)F)nc1)c1ccc2nc(C(F)(F)F)c(Cc3ccccc3)cc2c1. The van der Waals surface area contributed by atoms with Gasteiger partial charge in [-0.1, -0.05) is 42.5 Å². The summed E-state index contributed by atoms with van der Waals surface area (Å²) in [4.78, 5) is 11.4. The summed E-state index contributed by atoms with van der Waals surface area (Å²) in [7, 11) is 1.60. The van der Waals surface area contributed by atoms with Crippen LogP contribution in [-0.4, -0.2) is 24.6 Å². The Hall–Kier alpha value is -4.25. The number of halogens is 6. The van der Waals surface area contributed by atoms with Gasteiger partial charge in [-0.05, 0) is 47.4 Å². The molecule has 0 amide bonds. The fraction of sp³-hybridized carbons (Fsp3) is 0.179. The number of hydrogen-bond donors (Lipinski definition) is 1. The van der Waals surface area contributed by atoms with Gasteiger partial charge in [-0.3, -0.25) is 4.98 Å². The lowest BCUT2D eigenvalue weighted by Gasteiger charge is -2.30. The molecule has 0 aliphatic carbocycles. The second-order valence-corrected chi connectivity index (χ2v) is 9.09. The predicted molar refractivity (Wildman–Crippen MR) is 131 cm³/mol. The van der Waals surface area contributed by atoms with E-state index < -0.39 is 29.3 Å². The van der Waals surface area contributed by atoms with E-state index in [-0.39, 0.29) is 34.3 Å². The first-order valence-corrected chi connectivity index (χ1v) is 11.7. The highest BCUT2D eigenvalue weighted by Gasteiger charge is 2.40. The zero-order valence-corrected chi connectivity index (χ0v) is 20.3. The standard InChI is InChI=1S/C28H20F6N4O/c1-38-16-35-15-24(38)26(39,21-8-10-23(36-14-21)27(29,30)31)20-7-9-22-18(13-20)12-19(25(37-22)28(32,33)34)11-17-5-3-2-4-6-17/h2-10,12-16,39H,11H2,1H3. The molecule has 0 aliphatic rings. The van der Waals surface area contributed by atoms with Crippen molar-refractivity contribution in [3.63, 3.8) is 0 Å². The van der Waals surface area contributed by atoms with Crippen LogP contribution in [-0.2, 0) is 31.4 Å². The van der Waals surface area contributed by atoms with Gasteiger partial charge in [0.05, 0.1) is 23.7 Å². The van der Waals surface area contributed by atoms with Crippen LogP contribution in [0.1, 0.15) is 39.3 Å². The van der Waals surface area contributed by atoms with Crippen molar-refractivity contribution in [1.82, 2.24) is 19.5 Å². The molecule has 0 saturated carbocycles. The third-order valence-corrected chi connectivity index (χ3v) is 6.48. The van der Waals surface area contributed by atoms with E-state index in [0.29, 0.717) is 10.9 Å². The zero-order chi connectivity index (χ0) is 28.0. The van der Waals surface area contributed by atoms with E-state index in [0.717, 1.165) is 18.3 Å². The van der Waals surface area contributed by atoms with Gasteiger partial charge in [-0.25, -0.2) is 9.97 Å². The first-order valence-electron chi connectivity index (χ1n) is 11.7. The highest BCUT2D eigenvalue weighted by atomic mass is 19.4. The van der Waals surface area contributed by atoms with Crippen LogP contribution in [0.3, 0.4) is 0 Å². The Balaban J connectivity index is 1.69. The van der Waals surface area contributed by atoms with E-state index in [9.17, 15) is 31.4 Å². The maximum atomic E-state index is 13.9. The van der Waals surface area contributed by atoms with Crippen LogP contribution in [0.4, 0.5) is 26.3 Å². The summed E-state index contributed by atoms with van der Waals surface area (Å²) in [6.07, 6.45) is -5.72. The third-order valence-electron chi connectivity index (χ3n) is 6.48. The van der Waals surface area contributed by atoms with E-state index >= 15 is 0 Å². The van der Waals surface area contributed by atoms with Crippen LogP contribution in [0.15, 0.2) is 85.5 Å². The Labute approximate surface area is 218 Å². The molecule has 1 unspecified atom stereocenters. The van der Waals surface area contributed by atoms with Gasteiger partial charge in [0, 0.05) is 24.2 Å². The first-order chi connectivity index (χ1) is 18.4. The van der Waals surface area contributed by atoms with Crippen molar-refractivity contribution in [2.75, 3.05) is 0 Å². The maximum Gasteiger partial charge on any atom is 0.433 e. The summed E-state index contributed by atoms with van der Waals surface area (Å²) in [5, 5.41) is 12.4. The van der Waals surface area contributed by atoms with E-state index in [1.165, 1.54) is 41.4 Å². The Morgan fingerprint density at radius 1 is 0.821 bits per heavy atom. The number of aromatic nitrogens is 4. The van der Waals surface area contributed by atoms with E-state index in [1.807, 2.05) is 0 Å². The topological polar surface area (TPSA) is 63.8 Å². The highest BCUT2D eigenvalue weighted by Crippen LogP contribution is 2.39.